The Balaban J connectivity index is 1.89. The highest BCUT2D eigenvalue weighted by Crippen LogP contribution is 2.41. The van der Waals surface area contributed by atoms with Gasteiger partial charge >= 0.3 is 0 Å². The average molecular weight is 662 g/mol. The van der Waals surface area contributed by atoms with Gasteiger partial charge in [-0.15, -0.1) is 0 Å². The Labute approximate surface area is 249 Å². The minimum absolute atomic E-state index is 0.0319. The summed E-state index contributed by atoms with van der Waals surface area (Å²) in [5.74, 6) is -31.6. The predicted molar refractivity (Wildman–Crippen MR) is 137 cm³/mol. The molecule has 238 valence electrons. The van der Waals surface area contributed by atoms with E-state index >= 15 is 8.78 Å². The first-order chi connectivity index (χ1) is 21.5. The Morgan fingerprint density at radius 3 is 0.826 bits per heavy atom. The summed E-state index contributed by atoms with van der Waals surface area (Å²) in [7, 11) is 0. The van der Waals surface area contributed by atoms with E-state index in [-0.39, 0.29) is 11.1 Å². The molecule has 0 spiro atoms. The van der Waals surface area contributed by atoms with Gasteiger partial charge in [0.15, 0.2) is 69.8 Å². The molecular formula is C32H12F14. The van der Waals surface area contributed by atoms with Gasteiger partial charge in [-0.1, -0.05) is 12.1 Å². The minimum atomic E-state index is -2.55. The lowest BCUT2D eigenvalue weighted by atomic mass is 9.90. The molecule has 0 saturated carbocycles. The highest BCUT2D eigenvalue weighted by atomic mass is 19.2. The predicted octanol–water partition coefficient (Wildman–Crippen LogP) is 10.9. The molecule has 0 radical (unpaired) electrons. The fraction of sp³-hybridized carbons (Fsp3) is 0.0625. The lowest BCUT2D eigenvalue weighted by Gasteiger charge is -2.16. The van der Waals surface area contributed by atoms with Crippen LogP contribution in [-0.2, 0) is 0 Å². The summed E-state index contributed by atoms with van der Waals surface area (Å²) in [5.41, 5.74) is -8.98. The summed E-state index contributed by atoms with van der Waals surface area (Å²) in [4.78, 5) is 0. The molecule has 0 amide bonds. The maximum absolute atomic E-state index is 15.1. The van der Waals surface area contributed by atoms with Crippen LogP contribution in [0.15, 0.2) is 36.4 Å². The maximum atomic E-state index is 15.1. The van der Waals surface area contributed by atoms with E-state index in [9.17, 15) is 52.7 Å². The molecule has 0 heterocycles. The molecule has 0 fully saturated rings. The van der Waals surface area contributed by atoms with Crippen molar-refractivity contribution in [3.63, 3.8) is 0 Å². The highest BCUT2D eigenvalue weighted by molar-refractivity contribution is 5.84. The van der Waals surface area contributed by atoms with E-state index in [1.54, 1.807) is 0 Å². The third kappa shape index (κ3) is 4.95. The van der Waals surface area contributed by atoms with Crippen LogP contribution in [0.5, 0.6) is 0 Å². The first kappa shape index (κ1) is 32.5. The van der Waals surface area contributed by atoms with Crippen molar-refractivity contribution in [2.45, 2.75) is 13.8 Å². The maximum Gasteiger partial charge on any atom is 0.200 e. The Morgan fingerprint density at radius 2 is 0.478 bits per heavy atom. The van der Waals surface area contributed by atoms with Gasteiger partial charge in [0.05, 0.1) is 16.7 Å². The van der Waals surface area contributed by atoms with Crippen LogP contribution in [-0.4, -0.2) is 0 Å². The Hall–Kier alpha value is -4.88. The van der Waals surface area contributed by atoms with E-state index in [2.05, 4.69) is 0 Å². The Kier molecular flexibility index (Phi) is 8.12. The smallest absolute Gasteiger partial charge is 0.200 e. The zero-order chi connectivity index (χ0) is 34.1. The molecule has 0 aliphatic carbocycles. The zero-order valence-electron chi connectivity index (χ0n) is 22.8. The van der Waals surface area contributed by atoms with Gasteiger partial charge in [-0.2, -0.15) is 0 Å². The number of hydrogen-bond acceptors (Lipinski definition) is 0. The van der Waals surface area contributed by atoms with Crippen LogP contribution in [0, 0.1) is 95.3 Å². The fourth-order valence-electron chi connectivity index (χ4n) is 4.89. The van der Waals surface area contributed by atoms with E-state index in [4.69, 9.17) is 0 Å². The number of aryl methyl sites for hydroxylation is 1. The van der Waals surface area contributed by atoms with Crippen molar-refractivity contribution in [2.75, 3.05) is 0 Å². The van der Waals surface area contributed by atoms with Crippen molar-refractivity contribution in [1.29, 1.82) is 0 Å². The topological polar surface area (TPSA) is 0 Å². The molecule has 0 unspecified atom stereocenters. The second kappa shape index (κ2) is 11.5. The lowest BCUT2D eigenvalue weighted by molar-refractivity contribution is 0.381. The first-order valence-corrected chi connectivity index (χ1v) is 12.6. The van der Waals surface area contributed by atoms with Gasteiger partial charge in [0.1, 0.15) is 0 Å². The molecule has 5 aromatic rings. The van der Waals surface area contributed by atoms with Crippen molar-refractivity contribution in [3.05, 3.63) is 129 Å². The first-order valence-electron chi connectivity index (χ1n) is 12.6. The Morgan fingerprint density at radius 1 is 0.261 bits per heavy atom. The van der Waals surface area contributed by atoms with Gasteiger partial charge in [0.2, 0.25) is 11.6 Å². The van der Waals surface area contributed by atoms with Crippen molar-refractivity contribution >= 4 is 0 Å². The van der Waals surface area contributed by atoms with Gasteiger partial charge in [0.25, 0.3) is 0 Å². The second-order valence-electron chi connectivity index (χ2n) is 10.0. The molecule has 0 atom stereocenters. The molecule has 0 nitrogen and oxygen atoms in total. The standard InChI is InChI=1S/C32H12F14/c1-9-3-11(5-13(4-9)16-23(37)27(41)31(45)28(42)24(16)38)12-6-14(17-21(35)19(33)10(2)20(34)22(17)36)8-15(7-12)18-25(39)29(43)32(46)30(44)26(18)40/h3-8H,1-2H3. The number of rotatable bonds is 4. The normalized spacial score (nSPS) is 11.5. The summed E-state index contributed by atoms with van der Waals surface area (Å²) in [6.07, 6.45) is 0. The molecule has 0 aromatic heterocycles. The SMILES string of the molecule is Cc1cc(-c2cc(-c3c(F)c(F)c(C)c(F)c3F)cc(-c3c(F)c(F)c(F)c(F)c3F)c2)cc(-c2c(F)c(F)c(F)c(F)c2F)c1. The van der Waals surface area contributed by atoms with Crippen LogP contribution in [0.4, 0.5) is 61.5 Å². The Bertz CT molecular complexity index is 1940. The summed E-state index contributed by atoms with van der Waals surface area (Å²) in [6, 6.07) is 4.76. The number of hydrogen-bond donors (Lipinski definition) is 0. The molecule has 14 heteroatoms. The van der Waals surface area contributed by atoms with E-state index in [1.807, 2.05) is 0 Å². The van der Waals surface area contributed by atoms with Gasteiger partial charge in [0, 0.05) is 5.56 Å². The summed E-state index contributed by atoms with van der Waals surface area (Å²) < 4.78 is 202. The van der Waals surface area contributed by atoms with Crippen molar-refractivity contribution in [3.8, 4) is 44.5 Å². The molecule has 5 rings (SSSR count). The molecule has 46 heavy (non-hydrogen) atoms. The van der Waals surface area contributed by atoms with Gasteiger partial charge in [-0.3, -0.25) is 0 Å². The molecule has 0 bridgehead atoms. The lowest BCUT2D eigenvalue weighted by Crippen LogP contribution is -2.06. The molecular weight excluding hydrogens is 650 g/mol. The highest BCUT2D eigenvalue weighted by Gasteiger charge is 2.30. The average Bonchev–Trinajstić information content (AvgIpc) is 3.02. The van der Waals surface area contributed by atoms with Crippen LogP contribution in [0.2, 0.25) is 0 Å². The second-order valence-corrected chi connectivity index (χ2v) is 10.0. The number of benzene rings is 5. The van der Waals surface area contributed by atoms with Crippen molar-refractivity contribution < 1.29 is 61.5 Å². The van der Waals surface area contributed by atoms with Crippen molar-refractivity contribution in [1.82, 2.24) is 0 Å². The van der Waals surface area contributed by atoms with E-state index < -0.39 is 126 Å². The molecule has 0 aliphatic heterocycles. The monoisotopic (exact) mass is 662 g/mol. The third-order valence-electron chi connectivity index (χ3n) is 7.11. The fourth-order valence-corrected chi connectivity index (χ4v) is 4.89. The molecule has 0 N–H and O–H groups in total. The van der Waals surface area contributed by atoms with E-state index in [0.29, 0.717) is 19.1 Å². The largest absolute Gasteiger partial charge is 0.203 e. The molecule has 0 saturated heterocycles. The third-order valence-corrected chi connectivity index (χ3v) is 7.11. The van der Waals surface area contributed by atoms with Gasteiger partial charge < -0.3 is 0 Å². The summed E-state index contributed by atoms with van der Waals surface area (Å²) >= 11 is 0. The summed E-state index contributed by atoms with van der Waals surface area (Å²) in [6.45, 7) is 1.95. The van der Waals surface area contributed by atoms with Gasteiger partial charge in [-0.25, -0.2) is 61.5 Å². The van der Waals surface area contributed by atoms with Crippen LogP contribution in [0.1, 0.15) is 11.1 Å². The number of halogens is 14. The molecule has 5 aromatic carbocycles. The van der Waals surface area contributed by atoms with Crippen LogP contribution in [0.25, 0.3) is 44.5 Å². The van der Waals surface area contributed by atoms with Crippen LogP contribution >= 0.6 is 0 Å². The van der Waals surface area contributed by atoms with Crippen molar-refractivity contribution in [2.24, 2.45) is 0 Å². The van der Waals surface area contributed by atoms with Gasteiger partial charge in [-0.05, 0) is 71.5 Å². The van der Waals surface area contributed by atoms with E-state index in [1.165, 1.54) is 6.92 Å². The molecule has 0 aliphatic rings. The van der Waals surface area contributed by atoms with E-state index in [0.717, 1.165) is 24.3 Å². The van der Waals surface area contributed by atoms with Crippen LogP contribution in [0.3, 0.4) is 0 Å². The summed E-state index contributed by atoms with van der Waals surface area (Å²) in [5, 5.41) is 0. The van der Waals surface area contributed by atoms with Crippen LogP contribution < -0.4 is 0 Å². The quantitative estimate of drug-likeness (QED) is 0.102. The zero-order valence-corrected chi connectivity index (χ0v) is 22.8. The minimum Gasteiger partial charge on any atom is -0.203 e.